The third kappa shape index (κ3) is 1.63. The zero-order valence-electron chi connectivity index (χ0n) is 9.33. The molecular weight excluding hydrogens is 214 g/mol. The molecule has 0 aliphatic carbocycles. The van der Waals surface area contributed by atoms with Crippen LogP contribution in [0.5, 0.6) is 5.88 Å². The molecule has 0 fully saturated rings. The number of aromatic hydroxyl groups is 1. The molecular formula is C13H11N3O. The molecule has 0 aliphatic rings. The van der Waals surface area contributed by atoms with Crippen LogP contribution in [0.2, 0.25) is 0 Å². The van der Waals surface area contributed by atoms with Crippen molar-refractivity contribution >= 4 is 5.65 Å². The summed E-state index contributed by atoms with van der Waals surface area (Å²) < 4.78 is 1.43. The summed E-state index contributed by atoms with van der Waals surface area (Å²) in [5.74, 6) is 0.0990. The monoisotopic (exact) mass is 225 g/mol. The fourth-order valence-electron chi connectivity index (χ4n) is 1.83. The minimum atomic E-state index is 0.0990. The van der Waals surface area contributed by atoms with Gasteiger partial charge in [0.25, 0.3) is 0 Å². The van der Waals surface area contributed by atoms with Crippen LogP contribution in [0.4, 0.5) is 0 Å². The van der Waals surface area contributed by atoms with Gasteiger partial charge in [0.15, 0.2) is 5.65 Å². The highest BCUT2D eigenvalue weighted by Gasteiger charge is 2.07. The molecule has 3 rings (SSSR count). The van der Waals surface area contributed by atoms with E-state index in [-0.39, 0.29) is 5.88 Å². The van der Waals surface area contributed by atoms with Gasteiger partial charge in [-0.3, -0.25) is 0 Å². The van der Waals surface area contributed by atoms with E-state index >= 15 is 0 Å². The molecule has 1 aromatic carbocycles. The molecule has 17 heavy (non-hydrogen) atoms. The second-order valence-corrected chi connectivity index (χ2v) is 3.92. The molecule has 3 aromatic rings. The van der Waals surface area contributed by atoms with Crippen LogP contribution in [-0.2, 0) is 0 Å². The van der Waals surface area contributed by atoms with Gasteiger partial charge in [-0.1, -0.05) is 30.3 Å². The van der Waals surface area contributed by atoms with E-state index in [1.165, 1.54) is 4.52 Å². The van der Waals surface area contributed by atoms with Crippen LogP contribution < -0.4 is 0 Å². The van der Waals surface area contributed by atoms with Crippen molar-refractivity contribution in [1.29, 1.82) is 0 Å². The van der Waals surface area contributed by atoms with Gasteiger partial charge in [-0.15, -0.1) is 0 Å². The first-order valence-electron chi connectivity index (χ1n) is 5.36. The normalized spacial score (nSPS) is 10.9. The summed E-state index contributed by atoms with van der Waals surface area (Å²) in [7, 11) is 0. The summed E-state index contributed by atoms with van der Waals surface area (Å²) in [5, 5.41) is 14.0. The van der Waals surface area contributed by atoms with Gasteiger partial charge < -0.3 is 5.11 Å². The lowest BCUT2D eigenvalue weighted by molar-refractivity contribution is 0.435. The van der Waals surface area contributed by atoms with Crippen molar-refractivity contribution in [2.75, 3.05) is 0 Å². The average Bonchev–Trinajstić information content (AvgIpc) is 2.71. The number of hydrogen-bond donors (Lipinski definition) is 1. The van der Waals surface area contributed by atoms with E-state index in [1.807, 2.05) is 43.3 Å². The molecule has 0 atom stereocenters. The van der Waals surface area contributed by atoms with Crippen LogP contribution in [0.25, 0.3) is 16.9 Å². The highest BCUT2D eigenvalue weighted by Crippen LogP contribution is 2.22. The highest BCUT2D eigenvalue weighted by atomic mass is 16.3. The molecule has 0 bridgehead atoms. The predicted octanol–water partition coefficient (Wildman–Crippen LogP) is 2.41. The first kappa shape index (κ1) is 9.84. The van der Waals surface area contributed by atoms with Gasteiger partial charge in [-0.2, -0.15) is 9.61 Å². The Morgan fingerprint density at radius 2 is 1.88 bits per heavy atom. The first-order chi connectivity index (χ1) is 8.24. The Morgan fingerprint density at radius 1 is 1.12 bits per heavy atom. The second-order valence-electron chi connectivity index (χ2n) is 3.92. The van der Waals surface area contributed by atoms with Crippen LogP contribution in [0, 0.1) is 6.92 Å². The van der Waals surface area contributed by atoms with Crippen molar-refractivity contribution in [3.8, 4) is 17.1 Å². The summed E-state index contributed by atoms with van der Waals surface area (Å²) in [6.45, 7) is 1.87. The molecule has 0 saturated heterocycles. The third-order valence-corrected chi connectivity index (χ3v) is 2.60. The summed E-state index contributed by atoms with van der Waals surface area (Å²) in [4.78, 5) is 4.47. The minimum absolute atomic E-state index is 0.0990. The number of fused-ring (bicyclic) bond motifs is 1. The summed E-state index contributed by atoms with van der Waals surface area (Å²) >= 11 is 0. The SMILES string of the molecule is Cc1cc2nc(-c3ccccc3)cc(O)n2n1. The maximum Gasteiger partial charge on any atom is 0.216 e. The van der Waals surface area contributed by atoms with Crippen LogP contribution >= 0.6 is 0 Å². The van der Waals surface area contributed by atoms with Gasteiger partial charge in [-0.05, 0) is 6.92 Å². The predicted molar refractivity (Wildman–Crippen MR) is 64.8 cm³/mol. The van der Waals surface area contributed by atoms with Crippen molar-refractivity contribution in [2.45, 2.75) is 6.92 Å². The maximum absolute atomic E-state index is 9.89. The highest BCUT2D eigenvalue weighted by molar-refractivity contribution is 5.63. The lowest BCUT2D eigenvalue weighted by atomic mass is 10.1. The van der Waals surface area contributed by atoms with E-state index in [9.17, 15) is 5.11 Å². The molecule has 0 spiro atoms. The molecule has 0 saturated carbocycles. The Bertz CT molecular complexity index is 674. The lowest BCUT2D eigenvalue weighted by Crippen LogP contribution is -1.93. The number of aromatic nitrogens is 3. The van der Waals surface area contributed by atoms with Crippen molar-refractivity contribution in [3.05, 3.63) is 48.2 Å². The Morgan fingerprint density at radius 3 is 2.65 bits per heavy atom. The third-order valence-electron chi connectivity index (χ3n) is 2.60. The van der Waals surface area contributed by atoms with Crippen LogP contribution in [0.3, 0.4) is 0 Å². The number of rotatable bonds is 1. The van der Waals surface area contributed by atoms with E-state index < -0.39 is 0 Å². The number of aryl methyl sites for hydroxylation is 1. The lowest BCUT2D eigenvalue weighted by Gasteiger charge is -2.03. The maximum atomic E-state index is 9.89. The Labute approximate surface area is 98.2 Å². The van der Waals surface area contributed by atoms with Crippen LogP contribution in [0.1, 0.15) is 5.69 Å². The van der Waals surface area contributed by atoms with Gasteiger partial charge in [0.05, 0.1) is 11.4 Å². The molecule has 4 heteroatoms. The second kappa shape index (κ2) is 3.59. The van der Waals surface area contributed by atoms with E-state index in [4.69, 9.17) is 0 Å². The van der Waals surface area contributed by atoms with Gasteiger partial charge >= 0.3 is 0 Å². The van der Waals surface area contributed by atoms with Gasteiger partial charge in [0.2, 0.25) is 5.88 Å². The summed E-state index contributed by atoms with van der Waals surface area (Å²) in [6.07, 6.45) is 0. The van der Waals surface area contributed by atoms with Gasteiger partial charge in [0, 0.05) is 17.7 Å². The quantitative estimate of drug-likeness (QED) is 0.691. The topological polar surface area (TPSA) is 50.4 Å². The molecule has 1 N–H and O–H groups in total. The van der Waals surface area contributed by atoms with Crippen molar-refractivity contribution in [2.24, 2.45) is 0 Å². The van der Waals surface area contributed by atoms with E-state index in [0.29, 0.717) is 5.65 Å². The van der Waals surface area contributed by atoms with E-state index in [2.05, 4.69) is 10.1 Å². The Balaban J connectivity index is 2.25. The van der Waals surface area contributed by atoms with E-state index in [0.717, 1.165) is 17.0 Å². The molecule has 4 nitrogen and oxygen atoms in total. The van der Waals surface area contributed by atoms with Crippen LogP contribution in [0.15, 0.2) is 42.5 Å². The Hall–Kier alpha value is -2.36. The van der Waals surface area contributed by atoms with Crippen molar-refractivity contribution in [1.82, 2.24) is 14.6 Å². The number of hydrogen-bond acceptors (Lipinski definition) is 3. The number of benzene rings is 1. The van der Waals surface area contributed by atoms with Crippen LogP contribution in [-0.4, -0.2) is 19.7 Å². The molecule has 0 radical (unpaired) electrons. The molecule has 0 aliphatic heterocycles. The fraction of sp³-hybridized carbons (Fsp3) is 0.0769. The molecule has 84 valence electrons. The Kier molecular flexibility index (Phi) is 2.08. The fourth-order valence-corrected chi connectivity index (χ4v) is 1.83. The molecule has 2 aromatic heterocycles. The zero-order valence-corrected chi connectivity index (χ0v) is 9.33. The zero-order chi connectivity index (χ0) is 11.8. The first-order valence-corrected chi connectivity index (χ1v) is 5.36. The van der Waals surface area contributed by atoms with Gasteiger partial charge in [0.1, 0.15) is 0 Å². The van der Waals surface area contributed by atoms with E-state index in [1.54, 1.807) is 6.07 Å². The smallest absolute Gasteiger partial charge is 0.216 e. The molecule has 0 amide bonds. The molecule has 2 heterocycles. The summed E-state index contributed by atoms with van der Waals surface area (Å²) in [5.41, 5.74) is 3.21. The van der Waals surface area contributed by atoms with Gasteiger partial charge in [-0.25, -0.2) is 4.98 Å². The molecule has 0 unspecified atom stereocenters. The number of nitrogens with zero attached hydrogens (tertiary/aromatic N) is 3. The largest absolute Gasteiger partial charge is 0.493 e. The standard InChI is InChI=1S/C13H11N3O/c1-9-7-12-14-11(8-13(17)16(12)15-9)10-5-3-2-4-6-10/h2-8,17H,1H3. The van der Waals surface area contributed by atoms with Crippen molar-refractivity contribution in [3.63, 3.8) is 0 Å². The summed E-state index contributed by atoms with van der Waals surface area (Å²) in [6, 6.07) is 13.2. The van der Waals surface area contributed by atoms with Crippen molar-refractivity contribution < 1.29 is 5.11 Å². The minimum Gasteiger partial charge on any atom is -0.493 e. The average molecular weight is 225 g/mol.